The molecular weight excluding hydrogens is 306 g/mol. The SMILES string of the molecule is CCSc1cccc(NCc2cnc(C)s2)c1C(N)=S. The van der Waals surface area contributed by atoms with Crippen molar-refractivity contribution in [3.63, 3.8) is 0 Å². The van der Waals surface area contributed by atoms with Gasteiger partial charge < -0.3 is 11.1 Å². The van der Waals surface area contributed by atoms with Gasteiger partial charge in [0.15, 0.2) is 0 Å². The normalized spacial score (nSPS) is 10.5. The fraction of sp³-hybridized carbons (Fsp3) is 0.286. The Balaban J connectivity index is 2.22. The van der Waals surface area contributed by atoms with E-state index in [0.29, 0.717) is 4.99 Å². The van der Waals surface area contributed by atoms with Crippen LogP contribution in [0.15, 0.2) is 29.3 Å². The molecule has 0 bridgehead atoms. The van der Waals surface area contributed by atoms with Crippen molar-refractivity contribution in [1.29, 1.82) is 0 Å². The van der Waals surface area contributed by atoms with E-state index in [-0.39, 0.29) is 0 Å². The molecule has 2 rings (SSSR count). The summed E-state index contributed by atoms with van der Waals surface area (Å²) in [6, 6.07) is 6.10. The van der Waals surface area contributed by atoms with Crippen LogP contribution in [0.25, 0.3) is 0 Å². The summed E-state index contributed by atoms with van der Waals surface area (Å²) in [5.74, 6) is 0.993. The van der Waals surface area contributed by atoms with Crippen LogP contribution < -0.4 is 11.1 Å². The van der Waals surface area contributed by atoms with E-state index < -0.39 is 0 Å². The van der Waals surface area contributed by atoms with Crippen molar-refractivity contribution in [3.8, 4) is 0 Å². The van der Waals surface area contributed by atoms with Gasteiger partial charge in [0.25, 0.3) is 0 Å². The molecule has 1 heterocycles. The number of thioether (sulfide) groups is 1. The molecule has 0 amide bonds. The van der Waals surface area contributed by atoms with Crippen LogP contribution in [0.1, 0.15) is 22.4 Å². The molecule has 0 spiro atoms. The highest BCUT2D eigenvalue weighted by Gasteiger charge is 2.11. The maximum absolute atomic E-state index is 5.89. The first-order chi connectivity index (χ1) is 9.61. The molecule has 0 aliphatic rings. The predicted octanol–water partition coefficient (Wildman–Crippen LogP) is 3.81. The monoisotopic (exact) mass is 323 g/mol. The summed E-state index contributed by atoms with van der Waals surface area (Å²) >= 11 is 8.65. The zero-order chi connectivity index (χ0) is 14.5. The average Bonchev–Trinajstić information content (AvgIpc) is 2.82. The van der Waals surface area contributed by atoms with Gasteiger partial charge in [-0.05, 0) is 24.8 Å². The number of benzene rings is 1. The number of thiocarbonyl (C=S) groups is 1. The van der Waals surface area contributed by atoms with E-state index in [2.05, 4.69) is 23.3 Å². The minimum Gasteiger partial charge on any atom is -0.389 e. The lowest BCUT2D eigenvalue weighted by Crippen LogP contribution is -2.14. The molecule has 2 aromatic rings. The molecule has 0 saturated heterocycles. The third kappa shape index (κ3) is 3.71. The Kier molecular flexibility index (Phi) is 5.39. The highest BCUT2D eigenvalue weighted by molar-refractivity contribution is 7.99. The minimum atomic E-state index is 0.435. The smallest absolute Gasteiger partial charge is 0.107 e. The summed E-state index contributed by atoms with van der Waals surface area (Å²) < 4.78 is 0. The van der Waals surface area contributed by atoms with Gasteiger partial charge in [0.1, 0.15) is 4.99 Å². The molecule has 0 aliphatic carbocycles. The van der Waals surface area contributed by atoms with E-state index >= 15 is 0 Å². The number of thiazole rings is 1. The Hall–Kier alpha value is -1.11. The zero-order valence-electron chi connectivity index (χ0n) is 11.5. The number of hydrogen-bond donors (Lipinski definition) is 2. The Labute approximate surface area is 133 Å². The molecule has 1 aromatic heterocycles. The molecule has 0 aliphatic heterocycles. The largest absolute Gasteiger partial charge is 0.389 e. The molecule has 106 valence electrons. The molecular formula is C14H17N3S3. The maximum Gasteiger partial charge on any atom is 0.107 e. The molecule has 20 heavy (non-hydrogen) atoms. The second-order valence-corrected chi connectivity index (χ2v) is 7.24. The molecule has 3 N–H and O–H groups in total. The van der Waals surface area contributed by atoms with Gasteiger partial charge in [0, 0.05) is 27.2 Å². The number of aryl methyl sites for hydroxylation is 1. The van der Waals surface area contributed by atoms with Crippen molar-refractivity contribution in [2.45, 2.75) is 25.3 Å². The molecule has 6 heteroatoms. The van der Waals surface area contributed by atoms with Gasteiger partial charge in [-0.1, -0.05) is 25.2 Å². The predicted molar refractivity (Wildman–Crippen MR) is 92.9 cm³/mol. The third-order valence-corrected chi connectivity index (χ3v) is 4.75. The van der Waals surface area contributed by atoms with Gasteiger partial charge >= 0.3 is 0 Å². The Morgan fingerprint density at radius 1 is 1.50 bits per heavy atom. The Morgan fingerprint density at radius 2 is 2.30 bits per heavy atom. The zero-order valence-corrected chi connectivity index (χ0v) is 13.9. The number of rotatable bonds is 6. The summed E-state index contributed by atoms with van der Waals surface area (Å²) in [6.45, 7) is 4.86. The first-order valence-electron chi connectivity index (χ1n) is 6.32. The van der Waals surface area contributed by atoms with Crippen molar-refractivity contribution >= 4 is 46.0 Å². The number of aromatic nitrogens is 1. The number of anilines is 1. The van der Waals surface area contributed by atoms with E-state index in [4.69, 9.17) is 18.0 Å². The van der Waals surface area contributed by atoms with Crippen LogP contribution in [0.4, 0.5) is 5.69 Å². The summed E-state index contributed by atoms with van der Waals surface area (Å²) in [7, 11) is 0. The van der Waals surface area contributed by atoms with Crippen LogP contribution in [0.2, 0.25) is 0 Å². The Morgan fingerprint density at radius 3 is 2.90 bits per heavy atom. The van der Waals surface area contributed by atoms with Crippen molar-refractivity contribution in [3.05, 3.63) is 39.8 Å². The van der Waals surface area contributed by atoms with E-state index in [9.17, 15) is 0 Å². The van der Waals surface area contributed by atoms with Crippen LogP contribution >= 0.6 is 35.3 Å². The van der Waals surface area contributed by atoms with Gasteiger partial charge in [-0.15, -0.1) is 23.1 Å². The molecule has 0 atom stereocenters. The highest BCUT2D eigenvalue weighted by atomic mass is 32.2. The first kappa shape index (κ1) is 15.3. The number of nitrogens with zero attached hydrogens (tertiary/aromatic N) is 1. The Bertz CT molecular complexity index is 607. The van der Waals surface area contributed by atoms with Crippen LogP contribution in [0, 0.1) is 6.92 Å². The second-order valence-electron chi connectivity index (χ2n) is 4.18. The lowest BCUT2D eigenvalue weighted by atomic mass is 10.1. The summed E-state index contributed by atoms with van der Waals surface area (Å²) in [5, 5.41) is 4.49. The summed E-state index contributed by atoms with van der Waals surface area (Å²) in [4.78, 5) is 7.02. The average molecular weight is 324 g/mol. The van der Waals surface area contributed by atoms with E-state index in [1.165, 1.54) is 4.88 Å². The van der Waals surface area contributed by atoms with Crippen LogP contribution in [-0.4, -0.2) is 15.7 Å². The quantitative estimate of drug-likeness (QED) is 0.625. The standard InChI is InChI=1S/C14H17N3S3/c1-3-19-12-6-4-5-11(13(12)14(15)18)17-8-10-7-16-9(2)20-10/h4-7,17H,3,8H2,1-2H3,(H2,15,18). The van der Waals surface area contributed by atoms with Crippen LogP contribution in [0.5, 0.6) is 0 Å². The summed E-state index contributed by atoms with van der Waals surface area (Å²) in [5.41, 5.74) is 7.82. The number of nitrogens with two attached hydrogens (primary N) is 1. The highest BCUT2D eigenvalue weighted by Crippen LogP contribution is 2.29. The van der Waals surface area contributed by atoms with Crippen molar-refractivity contribution in [2.75, 3.05) is 11.1 Å². The van der Waals surface area contributed by atoms with Crippen molar-refractivity contribution < 1.29 is 0 Å². The number of nitrogens with one attached hydrogen (secondary N) is 1. The number of hydrogen-bond acceptors (Lipinski definition) is 5. The topological polar surface area (TPSA) is 50.9 Å². The van der Waals surface area contributed by atoms with Gasteiger partial charge in [0.2, 0.25) is 0 Å². The van der Waals surface area contributed by atoms with Gasteiger partial charge in [0.05, 0.1) is 11.6 Å². The maximum atomic E-state index is 5.89. The molecule has 0 fully saturated rings. The molecule has 0 radical (unpaired) electrons. The fourth-order valence-electron chi connectivity index (χ4n) is 1.88. The molecule has 1 aromatic carbocycles. The van der Waals surface area contributed by atoms with Gasteiger partial charge in [-0.2, -0.15) is 0 Å². The van der Waals surface area contributed by atoms with E-state index in [0.717, 1.165) is 33.5 Å². The summed E-state index contributed by atoms with van der Waals surface area (Å²) in [6.07, 6.45) is 1.90. The molecule has 0 unspecified atom stereocenters. The lowest BCUT2D eigenvalue weighted by molar-refractivity contribution is 1.16. The van der Waals surface area contributed by atoms with E-state index in [1.54, 1.807) is 23.1 Å². The van der Waals surface area contributed by atoms with Gasteiger partial charge in [-0.25, -0.2) is 4.98 Å². The minimum absolute atomic E-state index is 0.435. The van der Waals surface area contributed by atoms with Gasteiger partial charge in [-0.3, -0.25) is 0 Å². The lowest BCUT2D eigenvalue weighted by Gasteiger charge is -2.14. The second kappa shape index (κ2) is 7.06. The van der Waals surface area contributed by atoms with Crippen LogP contribution in [-0.2, 0) is 6.54 Å². The molecule has 0 saturated carbocycles. The van der Waals surface area contributed by atoms with Crippen molar-refractivity contribution in [1.82, 2.24) is 4.98 Å². The third-order valence-electron chi connectivity index (χ3n) is 2.69. The fourth-order valence-corrected chi connectivity index (χ4v) is 3.75. The van der Waals surface area contributed by atoms with Crippen molar-refractivity contribution in [2.24, 2.45) is 5.73 Å². The van der Waals surface area contributed by atoms with E-state index in [1.807, 2.05) is 25.3 Å². The molecule has 3 nitrogen and oxygen atoms in total. The first-order valence-corrected chi connectivity index (χ1v) is 8.53. The van der Waals surface area contributed by atoms with Crippen LogP contribution in [0.3, 0.4) is 0 Å².